The van der Waals surface area contributed by atoms with Crippen LogP contribution in [0.1, 0.15) is 23.9 Å². The van der Waals surface area contributed by atoms with Crippen LogP contribution < -0.4 is 16.0 Å². The summed E-state index contributed by atoms with van der Waals surface area (Å²) in [5, 5.41) is 8.13. The molecule has 0 radical (unpaired) electrons. The zero-order valence-corrected chi connectivity index (χ0v) is 13.6. The van der Waals surface area contributed by atoms with Gasteiger partial charge in [-0.1, -0.05) is 11.6 Å². The summed E-state index contributed by atoms with van der Waals surface area (Å²) in [4.78, 5) is 34.5. The third kappa shape index (κ3) is 5.13. The van der Waals surface area contributed by atoms with E-state index in [1.165, 1.54) is 25.3 Å². The van der Waals surface area contributed by atoms with Crippen LogP contribution in [0.3, 0.4) is 0 Å². The lowest BCUT2D eigenvalue weighted by Gasteiger charge is -2.09. The zero-order chi connectivity index (χ0) is 17.5. The average molecular weight is 350 g/mol. The van der Waals surface area contributed by atoms with Crippen molar-refractivity contribution in [3.8, 4) is 0 Å². The number of halogens is 1. The van der Waals surface area contributed by atoms with E-state index in [1.54, 1.807) is 18.2 Å². The maximum atomic E-state index is 11.9. The molecule has 0 saturated carbocycles. The zero-order valence-electron chi connectivity index (χ0n) is 12.9. The highest BCUT2D eigenvalue weighted by atomic mass is 35.5. The van der Waals surface area contributed by atoms with Crippen LogP contribution in [0, 0.1) is 0 Å². The van der Waals surface area contributed by atoms with Crippen molar-refractivity contribution in [3.05, 3.63) is 47.4 Å². The van der Waals surface area contributed by atoms with E-state index < -0.39 is 0 Å². The summed E-state index contributed by atoms with van der Waals surface area (Å²) in [6.07, 6.45) is 1.49. The molecule has 24 heavy (non-hydrogen) atoms. The molecule has 2 aromatic rings. The van der Waals surface area contributed by atoms with Gasteiger partial charge in [-0.15, -0.1) is 0 Å². The highest BCUT2D eigenvalue weighted by molar-refractivity contribution is 6.34. The van der Waals surface area contributed by atoms with E-state index in [4.69, 9.17) is 16.0 Å². The van der Waals surface area contributed by atoms with Crippen molar-refractivity contribution in [2.45, 2.75) is 13.3 Å². The molecular formula is C16H16ClN3O4. The highest BCUT2D eigenvalue weighted by Crippen LogP contribution is 2.25. The second-order valence-corrected chi connectivity index (χ2v) is 5.31. The summed E-state index contributed by atoms with van der Waals surface area (Å²) in [5.74, 6) is -0.703. The van der Waals surface area contributed by atoms with Crippen molar-refractivity contribution in [1.82, 2.24) is 5.32 Å². The molecule has 0 aliphatic carbocycles. The van der Waals surface area contributed by atoms with Crippen molar-refractivity contribution in [2.24, 2.45) is 0 Å². The Bertz CT molecular complexity index is 744. The summed E-state index contributed by atoms with van der Waals surface area (Å²) < 4.78 is 4.94. The van der Waals surface area contributed by atoms with Crippen LogP contribution in [0.5, 0.6) is 0 Å². The van der Waals surface area contributed by atoms with Gasteiger partial charge in [-0.3, -0.25) is 14.4 Å². The first-order chi connectivity index (χ1) is 11.5. The van der Waals surface area contributed by atoms with E-state index in [-0.39, 0.29) is 36.4 Å². The molecule has 0 spiro atoms. The first-order valence-electron chi connectivity index (χ1n) is 7.14. The maximum Gasteiger partial charge on any atom is 0.286 e. The SMILES string of the molecule is CC(=O)Nc1ccc(NC(=O)CCNC(=O)c2ccco2)cc1Cl. The van der Waals surface area contributed by atoms with Gasteiger partial charge in [-0.2, -0.15) is 0 Å². The Morgan fingerprint density at radius 2 is 1.96 bits per heavy atom. The molecule has 0 unspecified atom stereocenters. The molecule has 0 aliphatic rings. The predicted molar refractivity (Wildman–Crippen MR) is 90.0 cm³/mol. The average Bonchev–Trinajstić information content (AvgIpc) is 3.04. The van der Waals surface area contributed by atoms with Gasteiger partial charge < -0.3 is 20.4 Å². The topological polar surface area (TPSA) is 100 Å². The smallest absolute Gasteiger partial charge is 0.286 e. The number of anilines is 2. The summed E-state index contributed by atoms with van der Waals surface area (Å²) >= 11 is 6.03. The molecule has 0 fully saturated rings. The van der Waals surface area contributed by atoms with Crippen molar-refractivity contribution in [1.29, 1.82) is 0 Å². The lowest BCUT2D eigenvalue weighted by Crippen LogP contribution is -2.27. The molecule has 0 aliphatic heterocycles. The van der Waals surface area contributed by atoms with Crippen molar-refractivity contribution in [2.75, 3.05) is 17.2 Å². The van der Waals surface area contributed by atoms with Crippen LogP contribution in [0.2, 0.25) is 5.02 Å². The lowest BCUT2D eigenvalue weighted by molar-refractivity contribution is -0.116. The molecule has 126 valence electrons. The molecule has 8 heteroatoms. The summed E-state index contributed by atoms with van der Waals surface area (Å²) in [6, 6.07) is 7.89. The Kier molecular flexibility index (Phi) is 5.97. The first kappa shape index (κ1) is 17.6. The third-order valence-electron chi connectivity index (χ3n) is 2.95. The van der Waals surface area contributed by atoms with Gasteiger partial charge in [-0.25, -0.2) is 0 Å². The van der Waals surface area contributed by atoms with Crippen LogP contribution in [0.15, 0.2) is 41.0 Å². The number of carbonyl (C=O) groups excluding carboxylic acids is 3. The molecule has 0 atom stereocenters. The maximum absolute atomic E-state index is 11.9. The molecule has 2 rings (SSSR count). The van der Waals surface area contributed by atoms with Gasteiger partial charge in [0, 0.05) is 25.6 Å². The fourth-order valence-electron chi connectivity index (χ4n) is 1.89. The third-order valence-corrected chi connectivity index (χ3v) is 3.26. The molecule has 1 heterocycles. The van der Waals surface area contributed by atoms with Crippen molar-refractivity contribution >= 4 is 40.7 Å². The van der Waals surface area contributed by atoms with E-state index in [9.17, 15) is 14.4 Å². The van der Waals surface area contributed by atoms with E-state index in [1.807, 2.05) is 0 Å². The van der Waals surface area contributed by atoms with Gasteiger partial charge >= 0.3 is 0 Å². The fourth-order valence-corrected chi connectivity index (χ4v) is 2.12. The van der Waals surface area contributed by atoms with Crippen LogP contribution in [0.4, 0.5) is 11.4 Å². The second kappa shape index (κ2) is 8.16. The van der Waals surface area contributed by atoms with Crippen molar-refractivity contribution < 1.29 is 18.8 Å². The van der Waals surface area contributed by atoms with E-state index in [0.29, 0.717) is 16.4 Å². The number of benzene rings is 1. The number of hydrogen-bond donors (Lipinski definition) is 3. The minimum Gasteiger partial charge on any atom is -0.459 e. The Balaban J connectivity index is 1.81. The molecule has 0 saturated heterocycles. The van der Waals surface area contributed by atoms with Crippen LogP contribution >= 0.6 is 11.6 Å². The number of rotatable bonds is 6. The van der Waals surface area contributed by atoms with Gasteiger partial charge in [0.05, 0.1) is 17.0 Å². The number of amides is 3. The predicted octanol–water partition coefficient (Wildman–Crippen LogP) is 2.65. The normalized spacial score (nSPS) is 10.1. The molecule has 1 aromatic carbocycles. The summed E-state index contributed by atoms with van der Waals surface area (Å²) in [5.41, 5.74) is 0.962. The van der Waals surface area contributed by atoms with Crippen LogP contribution in [0.25, 0.3) is 0 Å². The molecule has 7 nitrogen and oxygen atoms in total. The van der Waals surface area contributed by atoms with Crippen LogP contribution in [-0.2, 0) is 9.59 Å². The molecule has 3 amide bonds. The van der Waals surface area contributed by atoms with Crippen LogP contribution in [-0.4, -0.2) is 24.3 Å². The van der Waals surface area contributed by atoms with E-state index >= 15 is 0 Å². The summed E-state index contributed by atoms with van der Waals surface area (Å²) in [7, 11) is 0. The first-order valence-corrected chi connectivity index (χ1v) is 7.52. The van der Waals surface area contributed by atoms with Gasteiger partial charge in [0.15, 0.2) is 5.76 Å². The summed E-state index contributed by atoms with van der Waals surface area (Å²) in [6.45, 7) is 1.55. The fraction of sp³-hybridized carbons (Fsp3) is 0.188. The quantitative estimate of drug-likeness (QED) is 0.746. The number of carbonyl (C=O) groups is 3. The largest absolute Gasteiger partial charge is 0.459 e. The standard InChI is InChI=1S/C16H16ClN3O4/c1-10(21)19-13-5-4-11(9-12(13)17)20-15(22)6-7-18-16(23)14-3-2-8-24-14/h2-5,8-9H,6-7H2,1H3,(H,18,23)(H,19,21)(H,20,22). The van der Waals surface area contributed by atoms with Gasteiger partial charge in [0.2, 0.25) is 11.8 Å². The van der Waals surface area contributed by atoms with Crippen molar-refractivity contribution in [3.63, 3.8) is 0 Å². The Morgan fingerprint density at radius 1 is 1.17 bits per heavy atom. The minimum absolute atomic E-state index is 0.0948. The lowest BCUT2D eigenvalue weighted by atomic mass is 10.2. The number of furan rings is 1. The van der Waals surface area contributed by atoms with Gasteiger partial charge in [0.1, 0.15) is 0 Å². The Morgan fingerprint density at radius 3 is 2.58 bits per heavy atom. The Labute approximate surface area is 143 Å². The minimum atomic E-state index is -0.379. The number of nitrogens with one attached hydrogen (secondary N) is 3. The Hall–Kier alpha value is -2.80. The highest BCUT2D eigenvalue weighted by Gasteiger charge is 2.10. The van der Waals surface area contributed by atoms with Gasteiger partial charge in [-0.05, 0) is 30.3 Å². The van der Waals surface area contributed by atoms with E-state index in [0.717, 1.165) is 0 Å². The van der Waals surface area contributed by atoms with Gasteiger partial charge in [0.25, 0.3) is 5.91 Å². The van der Waals surface area contributed by atoms with E-state index in [2.05, 4.69) is 16.0 Å². The molecule has 0 bridgehead atoms. The molecular weight excluding hydrogens is 334 g/mol. The molecule has 1 aromatic heterocycles. The number of hydrogen-bond acceptors (Lipinski definition) is 4. The monoisotopic (exact) mass is 349 g/mol. The second-order valence-electron chi connectivity index (χ2n) is 4.91. The molecule has 3 N–H and O–H groups in total.